The third-order valence-electron chi connectivity index (χ3n) is 3.42. The van der Waals surface area contributed by atoms with Gasteiger partial charge in [-0.15, -0.1) is 0 Å². The standard InChI is InChI=1S/C9H14O3/c10-8-5-2-1-3-6(8)7(4-5)9(11)12/h5-8,10H,1-4H2,(H,11,12). The molecule has 0 radical (unpaired) electrons. The molecule has 2 N–H and O–H groups in total. The van der Waals surface area contributed by atoms with E-state index in [0.29, 0.717) is 6.42 Å². The molecule has 2 bridgehead atoms. The molecule has 4 atom stereocenters. The Hall–Kier alpha value is -0.570. The Kier molecular flexibility index (Phi) is 1.83. The molecule has 2 saturated carbocycles. The lowest BCUT2D eigenvalue weighted by Gasteiger charge is -2.25. The van der Waals surface area contributed by atoms with E-state index in [9.17, 15) is 9.90 Å². The molecule has 3 nitrogen and oxygen atoms in total. The van der Waals surface area contributed by atoms with Gasteiger partial charge in [-0.25, -0.2) is 0 Å². The zero-order valence-electron chi connectivity index (χ0n) is 6.94. The summed E-state index contributed by atoms with van der Waals surface area (Å²) in [6.07, 6.45) is 3.37. The van der Waals surface area contributed by atoms with Crippen LogP contribution >= 0.6 is 0 Å². The lowest BCUT2D eigenvalue weighted by atomic mass is 9.84. The first kappa shape index (κ1) is 8.05. The van der Waals surface area contributed by atoms with Crippen molar-refractivity contribution in [1.29, 1.82) is 0 Å². The molecule has 0 aromatic rings. The maximum absolute atomic E-state index is 10.8. The van der Waals surface area contributed by atoms with E-state index in [1.165, 1.54) is 0 Å². The van der Waals surface area contributed by atoms with Crippen LogP contribution in [0.5, 0.6) is 0 Å². The Morgan fingerprint density at radius 1 is 1.33 bits per heavy atom. The van der Waals surface area contributed by atoms with E-state index in [0.717, 1.165) is 19.3 Å². The Labute approximate surface area is 71.4 Å². The molecule has 3 heteroatoms. The molecule has 0 amide bonds. The molecule has 0 aliphatic heterocycles. The minimum absolute atomic E-state index is 0.0428. The van der Waals surface area contributed by atoms with E-state index in [-0.39, 0.29) is 23.9 Å². The third kappa shape index (κ3) is 1.04. The van der Waals surface area contributed by atoms with Crippen molar-refractivity contribution in [2.24, 2.45) is 17.8 Å². The number of rotatable bonds is 1. The summed E-state index contributed by atoms with van der Waals surface area (Å²) in [4.78, 5) is 10.8. The van der Waals surface area contributed by atoms with E-state index >= 15 is 0 Å². The second-order valence-corrected chi connectivity index (χ2v) is 4.03. The van der Waals surface area contributed by atoms with Crippen molar-refractivity contribution in [2.45, 2.75) is 31.8 Å². The van der Waals surface area contributed by atoms with Gasteiger partial charge in [-0.2, -0.15) is 0 Å². The average Bonchev–Trinajstić information content (AvgIpc) is 2.27. The monoisotopic (exact) mass is 170 g/mol. The van der Waals surface area contributed by atoms with Gasteiger partial charge in [-0.1, -0.05) is 6.42 Å². The molecule has 2 rings (SSSR count). The molecule has 2 fully saturated rings. The highest BCUT2D eigenvalue weighted by molar-refractivity contribution is 5.71. The lowest BCUT2D eigenvalue weighted by Crippen LogP contribution is -2.29. The number of carboxylic acids is 1. The number of carboxylic acid groups (broad SMARTS) is 1. The summed E-state index contributed by atoms with van der Waals surface area (Å²) in [5.41, 5.74) is 0. The smallest absolute Gasteiger partial charge is 0.306 e. The summed E-state index contributed by atoms with van der Waals surface area (Å²) < 4.78 is 0. The zero-order chi connectivity index (χ0) is 8.72. The molecule has 0 spiro atoms. The molecule has 2 aliphatic rings. The van der Waals surface area contributed by atoms with Gasteiger partial charge in [0.15, 0.2) is 0 Å². The number of fused-ring (bicyclic) bond motifs is 2. The molecule has 0 heterocycles. The first-order valence-electron chi connectivity index (χ1n) is 4.61. The maximum Gasteiger partial charge on any atom is 0.306 e. The highest BCUT2D eigenvalue weighted by Crippen LogP contribution is 2.46. The van der Waals surface area contributed by atoms with E-state index in [1.807, 2.05) is 0 Å². The van der Waals surface area contributed by atoms with Crippen LogP contribution in [0.4, 0.5) is 0 Å². The molecule has 0 saturated heterocycles. The van der Waals surface area contributed by atoms with E-state index < -0.39 is 5.97 Å². The molecule has 0 aromatic heterocycles. The van der Waals surface area contributed by atoms with Gasteiger partial charge in [-0.05, 0) is 31.1 Å². The first-order chi connectivity index (χ1) is 5.70. The van der Waals surface area contributed by atoms with Gasteiger partial charge in [-0.3, -0.25) is 4.79 Å². The first-order valence-corrected chi connectivity index (χ1v) is 4.61. The number of aliphatic hydroxyl groups excluding tert-OH is 1. The fourth-order valence-corrected chi connectivity index (χ4v) is 2.79. The van der Waals surface area contributed by atoms with Gasteiger partial charge in [0, 0.05) is 0 Å². The van der Waals surface area contributed by atoms with Crippen molar-refractivity contribution in [1.82, 2.24) is 0 Å². The minimum Gasteiger partial charge on any atom is -0.481 e. The number of carbonyl (C=O) groups is 1. The SMILES string of the molecule is O=C(O)C1CC2CCCC1C2O. The molecule has 2 aliphatic carbocycles. The maximum atomic E-state index is 10.8. The number of hydrogen-bond donors (Lipinski definition) is 2. The topological polar surface area (TPSA) is 57.5 Å². The summed E-state index contributed by atoms with van der Waals surface area (Å²) >= 11 is 0. The average molecular weight is 170 g/mol. The van der Waals surface area contributed by atoms with Crippen LogP contribution in [-0.4, -0.2) is 22.3 Å². The number of aliphatic carboxylic acids is 1. The number of hydrogen-bond acceptors (Lipinski definition) is 2. The van der Waals surface area contributed by atoms with Crippen LogP contribution in [0.2, 0.25) is 0 Å². The second kappa shape index (κ2) is 2.73. The second-order valence-electron chi connectivity index (χ2n) is 4.03. The van der Waals surface area contributed by atoms with Crippen LogP contribution in [0.3, 0.4) is 0 Å². The Bertz CT molecular complexity index is 202. The van der Waals surface area contributed by atoms with E-state index in [1.54, 1.807) is 0 Å². The van der Waals surface area contributed by atoms with Gasteiger partial charge in [0.2, 0.25) is 0 Å². The van der Waals surface area contributed by atoms with Crippen LogP contribution in [-0.2, 0) is 4.79 Å². The number of aliphatic hydroxyl groups is 1. The van der Waals surface area contributed by atoms with Crippen molar-refractivity contribution < 1.29 is 15.0 Å². The fourth-order valence-electron chi connectivity index (χ4n) is 2.79. The predicted octanol–water partition coefficient (Wildman–Crippen LogP) is 0.868. The fraction of sp³-hybridized carbons (Fsp3) is 0.889. The molecule has 12 heavy (non-hydrogen) atoms. The van der Waals surface area contributed by atoms with Gasteiger partial charge in [0.1, 0.15) is 0 Å². The van der Waals surface area contributed by atoms with Gasteiger partial charge < -0.3 is 10.2 Å². The largest absolute Gasteiger partial charge is 0.481 e. The quantitative estimate of drug-likeness (QED) is 0.614. The highest BCUT2D eigenvalue weighted by Gasteiger charge is 2.47. The van der Waals surface area contributed by atoms with E-state index in [2.05, 4.69) is 0 Å². The summed E-state index contributed by atoms with van der Waals surface area (Å²) in [7, 11) is 0. The third-order valence-corrected chi connectivity index (χ3v) is 3.42. The molecule has 4 unspecified atom stereocenters. The van der Waals surface area contributed by atoms with Gasteiger partial charge >= 0.3 is 5.97 Å². The van der Waals surface area contributed by atoms with Crippen molar-refractivity contribution in [2.75, 3.05) is 0 Å². The van der Waals surface area contributed by atoms with Gasteiger partial charge in [0.05, 0.1) is 12.0 Å². The summed E-state index contributed by atoms with van der Waals surface area (Å²) in [6, 6.07) is 0. The lowest BCUT2D eigenvalue weighted by molar-refractivity contribution is -0.143. The molecule has 68 valence electrons. The summed E-state index contributed by atoms with van der Waals surface area (Å²) in [6.45, 7) is 0. The Morgan fingerprint density at radius 2 is 2.08 bits per heavy atom. The van der Waals surface area contributed by atoms with Crippen LogP contribution in [0.1, 0.15) is 25.7 Å². The Morgan fingerprint density at radius 3 is 2.67 bits per heavy atom. The normalized spacial score (nSPS) is 46.1. The highest BCUT2D eigenvalue weighted by atomic mass is 16.4. The molecular weight excluding hydrogens is 156 g/mol. The van der Waals surface area contributed by atoms with Crippen molar-refractivity contribution in [3.63, 3.8) is 0 Å². The van der Waals surface area contributed by atoms with Crippen LogP contribution < -0.4 is 0 Å². The van der Waals surface area contributed by atoms with Crippen molar-refractivity contribution in [3.8, 4) is 0 Å². The summed E-state index contributed by atoms with van der Waals surface area (Å²) in [5, 5.41) is 18.5. The van der Waals surface area contributed by atoms with Crippen LogP contribution in [0.25, 0.3) is 0 Å². The minimum atomic E-state index is -0.719. The van der Waals surface area contributed by atoms with Crippen LogP contribution in [0, 0.1) is 17.8 Å². The van der Waals surface area contributed by atoms with Crippen molar-refractivity contribution >= 4 is 5.97 Å². The van der Waals surface area contributed by atoms with Crippen molar-refractivity contribution in [3.05, 3.63) is 0 Å². The van der Waals surface area contributed by atoms with Gasteiger partial charge in [0.25, 0.3) is 0 Å². The van der Waals surface area contributed by atoms with E-state index in [4.69, 9.17) is 5.11 Å². The van der Waals surface area contributed by atoms with Crippen LogP contribution in [0.15, 0.2) is 0 Å². The zero-order valence-corrected chi connectivity index (χ0v) is 6.94. The predicted molar refractivity (Wildman–Crippen MR) is 42.6 cm³/mol. The Balaban J connectivity index is 2.16. The summed E-state index contributed by atoms with van der Waals surface area (Å²) in [5.74, 6) is -0.679. The molecular formula is C9H14O3. The molecule has 0 aromatic carbocycles.